The SMILES string of the molecule is Nc1ccc(OCc2nnc(NNc3ccc(Cl)c(Cl)c3)o2)cc1. The highest BCUT2D eigenvalue weighted by Crippen LogP contribution is 2.25. The van der Waals surface area contributed by atoms with Crippen molar-refractivity contribution in [2.75, 3.05) is 16.6 Å². The summed E-state index contributed by atoms with van der Waals surface area (Å²) in [5.41, 5.74) is 12.6. The molecule has 3 rings (SSSR count). The van der Waals surface area contributed by atoms with Gasteiger partial charge in [-0.3, -0.25) is 10.9 Å². The van der Waals surface area contributed by atoms with E-state index >= 15 is 0 Å². The van der Waals surface area contributed by atoms with E-state index in [2.05, 4.69) is 21.0 Å². The quantitative estimate of drug-likeness (QED) is 0.448. The second-order valence-corrected chi connectivity index (χ2v) is 5.55. The molecule has 0 aliphatic rings. The molecule has 0 saturated carbocycles. The number of nitrogens with two attached hydrogens (primary N) is 1. The molecule has 0 radical (unpaired) electrons. The molecule has 0 unspecified atom stereocenters. The molecule has 0 spiro atoms. The molecule has 1 aromatic heterocycles. The summed E-state index contributed by atoms with van der Waals surface area (Å²) in [4.78, 5) is 0. The minimum absolute atomic E-state index is 0.144. The molecule has 24 heavy (non-hydrogen) atoms. The first kappa shape index (κ1) is 16.2. The maximum atomic E-state index is 5.93. The van der Waals surface area contributed by atoms with E-state index in [1.165, 1.54) is 0 Å². The summed E-state index contributed by atoms with van der Waals surface area (Å²) < 4.78 is 10.9. The van der Waals surface area contributed by atoms with E-state index in [0.717, 1.165) is 0 Å². The molecule has 0 atom stereocenters. The van der Waals surface area contributed by atoms with E-state index in [0.29, 0.717) is 33.1 Å². The monoisotopic (exact) mass is 365 g/mol. The Balaban J connectivity index is 1.53. The Bertz CT molecular complexity index is 823. The first-order valence-electron chi connectivity index (χ1n) is 6.88. The zero-order valence-corrected chi connectivity index (χ0v) is 13.8. The Labute approximate surface area is 147 Å². The predicted molar refractivity (Wildman–Crippen MR) is 93.2 cm³/mol. The average Bonchev–Trinajstić information content (AvgIpc) is 3.03. The van der Waals surface area contributed by atoms with Gasteiger partial charge in [0, 0.05) is 5.69 Å². The lowest BCUT2D eigenvalue weighted by Crippen LogP contribution is -2.08. The zero-order chi connectivity index (χ0) is 16.9. The first-order chi connectivity index (χ1) is 11.6. The van der Waals surface area contributed by atoms with Crippen LogP contribution < -0.4 is 21.3 Å². The molecule has 0 amide bonds. The molecule has 0 fully saturated rings. The number of nitrogens with zero attached hydrogens (tertiary/aromatic N) is 2. The van der Waals surface area contributed by atoms with Gasteiger partial charge < -0.3 is 14.9 Å². The van der Waals surface area contributed by atoms with Gasteiger partial charge in [0.2, 0.25) is 0 Å². The fraction of sp³-hybridized carbons (Fsp3) is 0.0667. The average molecular weight is 366 g/mol. The second-order valence-electron chi connectivity index (χ2n) is 4.74. The standard InChI is InChI=1S/C15H13Cl2N5O2/c16-12-6-3-10(7-13(12)17)19-21-15-22-20-14(24-15)8-23-11-4-1-9(18)2-5-11/h1-7,19H,8,18H2,(H,21,22). The van der Waals surface area contributed by atoms with E-state index in [-0.39, 0.29) is 12.6 Å². The van der Waals surface area contributed by atoms with E-state index in [9.17, 15) is 0 Å². The molecule has 1 heterocycles. The third-order valence-corrected chi connectivity index (χ3v) is 3.68. The summed E-state index contributed by atoms with van der Waals surface area (Å²) in [5, 5.41) is 8.64. The predicted octanol–water partition coefficient (Wildman–Crippen LogP) is 3.98. The van der Waals surface area contributed by atoms with Crippen molar-refractivity contribution in [1.82, 2.24) is 10.2 Å². The fourth-order valence-corrected chi connectivity index (χ4v) is 2.07. The van der Waals surface area contributed by atoms with Crippen molar-refractivity contribution < 1.29 is 9.15 Å². The van der Waals surface area contributed by atoms with Crippen LogP contribution in [0, 0.1) is 0 Å². The number of hydrogen-bond acceptors (Lipinski definition) is 7. The van der Waals surface area contributed by atoms with Gasteiger partial charge in [-0.1, -0.05) is 28.3 Å². The minimum Gasteiger partial charge on any atom is -0.484 e. The lowest BCUT2D eigenvalue weighted by atomic mass is 10.3. The normalized spacial score (nSPS) is 10.4. The first-order valence-corrected chi connectivity index (χ1v) is 7.63. The van der Waals surface area contributed by atoms with Crippen molar-refractivity contribution in [2.24, 2.45) is 0 Å². The molecule has 124 valence electrons. The molecule has 0 aliphatic heterocycles. The van der Waals surface area contributed by atoms with Gasteiger partial charge in [0.1, 0.15) is 5.75 Å². The summed E-state index contributed by atoms with van der Waals surface area (Å²) in [6, 6.07) is 12.3. The van der Waals surface area contributed by atoms with Gasteiger partial charge in [0.15, 0.2) is 6.61 Å². The summed E-state index contributed by atoms with van der Waals surface area (Å²) in [5.74, 6) is 0.983. The molecule has 0 bridgehead atoms. The molecular weight excluding hydrogens is 353 g/mol. The van der Waals surface area contributed by atoms with Crippen molar-refractivity contribution >= 4 is 40.6 Å². The number of hydrogen-bond donors (Lipinski definition) is 3. The Morgan fingerprint density at radius 1 is 1.00 bits per heavy atom. The Hall–Kier alpha value is -2.64. The molecule has 3 aromatic rings. The Morgan fingerprint density at radius 3 is 2.54 bits per heavy atom. The number of anilines is 3. The van der Waals surface area contributed by atoms with Crippen LogP contribution in [0.1, 0.15) is 5.89 Å². The second kappa shape index (κ2) is 7.29. The van der Waals surface area contributed by atoms with E-state index in [1.54, 1.807) is 42.5 Å². The van der Waals surface area contributed by atoms with Crippen molar-refractivity contribution in [2.45, 2.75) is 6.61 Å². The van der Waals surface area contributed by atoms with Crippen molar-refractivity contribution in [3.05, 3.63) is 58.4 Å². The van der Waals surface area contributed by atoms with Gasteiger partial charge in [-0.05, 0) is 42.5 Å². The summed E-state index contributed by atoms with van der Waals surface area (Å²) in [6.07, 6.45) is 0. The molecule has 2 aromatic carbocycles. The van der Waals surface area contributed by atoms with Crippen molar-refractivity contribution in [3.8, 4) is 5.75 Å². The summed E-state index contributed by atoms with van der Waals surface area (Å²) >= 11 is 11.8. The number of benzene rings is 2. The highest BCUT2D eigenvalue weighted by Gasteiger charge is 2.07. The maximum absolute atomic E-state index is 5.93. The third kappa shape index (κ3) is 4.21. The third-order valence-electron chi connectivity index (χ3n) is 2.94. The Morgan fingerprint density at radius 2 is 1.79 bits per heavy atom. The number of ether oxygens (including phenoxy) is 1. The molecule has 0 aliphatic carbocycles. The van der Waals surface area contributed by atoms with Crippen LogP contribution in [-0.4, -0.2) is 10.2 Å². The van der Waals surface area contributed by atoms with Crippen LogP contribution in [-0.2, 0) is 6.61 Å². The topological polar surface area (TPSA) is 98.2 Å². The zero-order valence-electron chi connectivity index (χ0n) is 12.3. The largest absolute Gasteiger partial charge is 0.484 e. The maximum Gasteiger partial charge on any atom is 0.334 e. The Kier molecular flexibility index (Phi) is 4.93. The molecular formula is C15H13Cl2N5O2. The number of aromatic nitrogens is 2. The lowest BCUT2D eigenvalue weighted by Gasteiger charge is -2.06. The fourth-order valence-electron chi connectivity index (χ4n) is 1.77. The van der Waals surface area contributed by atoms with Gasteiger partial charge in [0.25, 0.3) is 5.89 Å². The van der Waals surface area contributed by atoms with Crippen LogP contribution in [0.5, 0.6) is 5.75 Å². The number of hydrazine groups is 1. The molecule has 7 nitrogen and oxygen atoms in total. The lowest BCUT2D eigenvalue weighted by molar-refractivity contribution is 0.265. The minimum atomic E-state index is 0.144. The van der Waals surface area contributed by atoms with Gasteiger partial charge in [-0.2, -0.15) is 0 Å². The van der Waals surface area contributed by atoms with Crippen LogP contribution in [0.25, 0.3) is 0 Å². The summed E-state index contributed by atoms with van der Waals surface area (Å²) in [6.45, 7) is 0.144. The molecule has 0 saturated heterocycles. The van der Waals surface area contributed by atoms with Gasteiger partial charge in [-0.15, -0.1) is 5.10 Å². The number of nitrogen functional groups attached to an aromatic ring is 1. The smallest absolute Gasteiger partial charge is 0.334 e. The van der Waals surface area contributed by atoms with Crippen LogP contribution in [0.15, 0.2) is 46.9 Å². The van der Waals surface area contributed by atoms with E-state index in [4.69, 9.17) is 38.1 Å². The van der Waals surface area contributed by atoms with Gasteiger partial charge in [0.05, 0.1) is 15.7 Å². The van der Waals surface area contributed by atoms with Gasteiger partial charge in [-0.25, -0.2) is 0 Å². The van der Waals surface area contributed by atoms with Crippen molar-refractivity contribution in [1.29, 1.82) is 0 Å². The van der Waals surface area contributed by atoms with E-state index in [1.807, 2.05) is 0 Å². The van der Waals surface area contributed by atoms with Crippen LogP contribution in [0.2, 0.25) is 10.0 Å². The van der Waals surface area contributed by atoms with E-state index < -0.39 is 0 Å². The number of rotatable bonds is 6. The number of nitrogens with one attached hydrogen (secondary N) is 2. The van der Waals surface area contributed by atoms with Crippen molar-refractivity contribution in [3.63, 3.8) is 0 Å². The van der Waals surface area contributed by atoms with Crippen LogP contribution in [0.4, 0.5) is 17.4 Å². The highest BCUT2D eigenvalue weighted by molar-refractivity contribution is 6.42. The number of halogens is 2. The molecule has 9 heteroatoms. The van der Waals surface area contributed by atoms with Gasteiger partial charge >= 0.3 is 6.01 Å². The van der Waals surface area contributed by atoms with Crippen LogP contribution in [0.3, 0.4) is 0 Å². The highest BCUT2D eigenvalue weighted by atomic mass is 35.5. The summed E-state index contributed by atoms with van der Waals surface area (Å²) in [7, 11) is 0. The molecule has 4 N–H and O–H groups in total. The van der Waals surface area contributed by atoms with Crippen LogP contribution >= 0.6 is 23.2 Å².